The van der Waals surface area contributed by atoms with Crippen molar-refractivity contribution in [1.82, 2.24) is 14.7 Å². The van der Waals surface area contributed by atoms with Gasteiger partial charge in [-0.3, -0.25) is 29.0 Å². The Balaban J connectivity index is 1.62. The van der Waals surface area contributed by atoms with Crippen molar-refractivity contribution < 1.29 is 24.3 Å². The maximum atomic E-state index is 12.7. The molecule has 0 bridgehead atoms. The van der Waals surface area contributed by atoms with Crippen molar-refractivity contribution in [1.29, 1.82) is 0 Å². The number of likely N-dealkylation sites (N-methyl/N-ethyl adjacent to an activating group) is 1. The van der Waals surface area contributed by atoms with Gasteiger partial charge in [-0.05, 0) is 45.4 Å². The molecule has 2 heterocycles. The molecule has 0 radical (unpaired) electrons. The molecule has 150 valence electrons. The summed E-state index contributed by atoms with van der Waals surface area (Å²) in [5, 5.41) is 8.95. The van der Waals surface area contributed by atoms with E-state index in [9.17, 15) is 19.2 Å². The number of likely N-dealkylation sites (tertiary alicyclic amines) is 1. The van der Waals surface area contributed by atoms with Crippen LogP contribution in [0, 0.1) is 6.92 Å². The van der Waals surface area contributed by atoms with Crippen LogP contribution in [0.1, 0.15) is 45.5 Å². The summed E-state index contributed by atoms with van der Waals surface area (Å²) in [6.07, 6.45) is 2.22. The largest absolute Gasteiger partial charge is 0.480 e. The molecule has 2 aliphatic heterocycles. The second-order valence-corrected chi connectivity index (χ2v) is 7.52. The van der Waals surface area contributed by atoms with Crippen LogP contribution in [0.25, 0.3) is 0 Å². The van der Waals surface area contributed by atoms with Gasteiger partial charge < -0.3 is 10.0 Å². The number of imide groups is 1. The maximum absolute atomic E-state index is 12.7. The van der Waals surface area contributed by atoms with Gasteiger partial charge in [0.1, 0.15) is 6.54 Å². The molecule has 1 atom stereocenters. The molecule has 1 aromatic carbocycles. The van der Waals surface area contributed by atoms with Gasteiger partial charge >= 0.3 is 5.97 Å². The van der Waals surface area contributed by atoms with Gasteiger partial charge in [0.2, 0.25) is 5.91 Å². The first-order valence-electron chi connectivity index (χ1n) is 9.44. The lowest BCUT2D eigenvalue weighted by Gasteiger charge is -2.26. The number of hydrogen-bond donors (Lipinski definition) is 1. The van der Waals surface area contributed by atoms with Gasteiger partial charge in [0.05, 0.1) is 17.7 Å². The van der Waals surface area contributed by atoms with Crippen molar-refractivity contribution in [2.45, 2.75) is 32.2 Å². The van der Waals surface area contributed by atoms with Crippen LogP contribution in [0.4, 0.5) is 0 Å². The molecule has 8 heteroatoms. The van der Waals surface area contributed by atoms with Crippen molar-refractivity contribution in [2.24, 2.45) is 0 Å². The van der Waals surface area contributed by atoms with Gasteiger partial charge in [-0.25, -0.2) is 0 Å². The Bertz CT molecular complexity index is 822. The molecule has 1 aromatic rings. The van der Waals surface area contributed by atoms with Crippen LogP contribution < -0.4 is 0 Å². The van der Waals surface area contributed by atoms with Crippen molar-refractivity contribution in [3.63, 3.8) is 0 Å². The average molecular weight is 387 g/mol. The van der Waals surface area contributed by atoms with Crippen molar-refractivity contribution in [2.75, 3.05) is 33.2 Å². The van der Waals surface area contributed by atoms with E-state index < -0.39 is 17.8 Å². The number of aryl methyl sites for hydroxylation is 1. The Morgan fingerprint density at radius 2 is 1.86 bits per heavy atom. The van der Waals surface area contributed by atoms with E-state index in [2.05, 4.69) is 0 Å². The van der Waals surface area contributed by atoms with E-state index in [1.54, 1.807) is 35.0 Å². The Hall–Kier alpha value is -2.74. The fourth-order valence-corrected chi connectivity index (χ4v) is 3.89. The molecule has 1 saturated heterocycles. The molecule has 0 aromatic heterocycles. The molecular weight excluding hydrogens is 362 g/mol. The molecule has 0 saturated carbocycles. The van der Waals surface area contributed by atoms with Crippen molar-refractivity contribution >= 4 is 23.7 Å². The lowest BCUT2D eigenvalue weighted by Crippen LogP contribution is -2.43. The summed E-state index contributed by atoms with van der Waals surface area (Å²) in [7, 11) is 1.77. The minimum absolute atomic E-state index is 0.0347. The highest BCUT2D eigenvalue weighted by Crippen LogP contribution is 2.24. The van der Waals surface area contributed by atoms with E-state index in [0.29, 0.717) is 30.6 Å². The summed E-state index contributed by atoms with van der Waals surface area (Å²) < 4.78 is 0. The molecule has 3 amide bonds. The molecule has 3 rings (SSSR count). The van der Waals surface area contributed by atoms with Crippen LogP contribution in [0.3, 0.4) is 0 Å². The zero-order valence-corrected chi connectivity index (χ0v) is 16.2. The van der Waals surface area contributed by atoms with E-state index in [4.69, 9.17) is 5.11 Å². The zero-order valence-electron chi connectivity index (χ0n) is 16.2. The molecule has 1 fully saturated rings. The van der Waals surface area contributed by atoms with E-state index in [1.807, 2.05) is 6.92 Å². The first-order chi connectivity index (χ1) is 13.3. The maximum Gasteiger partial charge on any atom is 0.317 e. The fourth-order valence-electron chi connectivity index (χ4n) is 3.89. The zero-order chi connectivity index (χ0) is 20.4. The highest BCUT2D eigenvalue weighted by Gasteiger charge is 2.37. The fraction of sp³-hybridized carbons (Fsp3) is 0.500. The van der Waals surface area contributed by atoms with Crippen LogP contribution in [-0.4, -0.2) is 82.8 Å². The first kappa shape index (κ1) is 20.0. The number of benzene rings is 1. The SMILES string of the molecule is Cc1ccc2c(c1)C(=O)N(CC(=O)N1CCCC(N(C)CC(=O)O)CC1)C2=O. The molecule has 0 aliphatic carbocycles. The predicted molar refractivity (Wildman–Crippen MR) is 101 cm³/mol. The Kier molecular flexibility index (Phi) is 5.79. The molecular formula is C20H25N3O5. The van der Waals surface area contributed by atoms with Crippen LogP contribution in [0.2, 0.25) is 0 Å². The third-order valence-corrected chi connectivity index (χ3v) is 5.48. The van der Waals surface area contributed by atoms with Crippen molar-refractivity contribution in [3.8, 4) is 0 Å². The summed E-state index contributed by atoms with van der Waals surface area (Å²) >= 11 is 0. The molecule has 1 N–H and O–H groups in total. The quantitative estimate of drug-likeness (QED) is 0.757. The molecule has 0 spiro atoms. The highest BCUT2D eigenvalue weighted by molar-refractivity contribution is 6.22. The standard InChI is InChI=1S/C20H25N3O5/c1-13-5-6-15-16(10-13)20(28)23(19(15)27)11-17(24)22-8-3-4-14(7-9-22)21(2)12-18(25)26/h5-6,10,14H,3-4,7-9,11-12H2,1-2H3,(H,25,26). The average Bonchev–Trinajstić information content (AvgIpc) is 2.83. The van der Waals surface area contributed by atoms with Crippen LogP contribution >= 0.6 is 0 Å². The number of amides is 3. The Morgan fingerprint density at radius 3 is 2.57 bits per heavy atom. The monoisotopic (exact) mass is 387 g/mol. The Morgan fingerprint density at radius 1 is 1.14 bits per heavy atom. The number of carbonyl (C=O) groups is 4. The minimum Gasteiger partial charge on any atom is -0.480 e. The topological polar surface area (TPSA) is 98.2 Å². The highest BCUT2D eigenvalue weighted by atomic mass is 16.4. The van der Waals surface area contributed by atoms with Crippen LogP contribution in [0.5, 0.6) is 0 Å². The van der Waals surface area contributed by atoms with Gasteiger partial charge in [0.25, 0.3) is 11.8 Å². The van der Waals surface area contributed by atoms with Crippen molar-refractivity contribution in [3.05, 3.63) is 34.9 Å². The number of fused-ring (bicyclic) bond motifs is 1. The summed E-state index contributed by atoms with van der Waals surface area (Å²) in [6, 6.07) is 5.17. The third-order valence-electron chi connectivity index (χ3n) is 5.48. The van der Waals surface area contributed by atoms with Gasteiger partial charge in [-0.15, -0.1) is 0 Å². The second-order valence-electron chi connectivity index (χ2n) is 7.52. The number of hydrogen-bond acceptors (Lipinski definition) is 5. The van der Waals surface area contributed by atoms with Crippen LogP contribution in [-0.2, 0) is 9.59 Å². The minimum atomic E-state index is -0.874. The van der Waals surface area contributed by atoms with E-state index in [0.717, 1.165) is 23.3 Å². The van der Waals surface area contributed by atoms with Gasteiger partial charge in [-0.1, -0.05) is 11.6 Å². The number of carboxylic acid groups (broad SMARTS) is 1. The van der Waals surface area contributed by atoms with Gasteiger partial charge in [0, 0.05) is 19.1 Å². The number of rotatable bonds is 5. The molecule has 1 unspecified atom stereocenters. The van der Waals surface area contributed by atoms with Gasteiger partial charge in [0.15, 0.2) is 0 Å². The summed E-state index contributed by atoms with van der Waals surface area (Å²) in [6.45, 7) is 2.57. The smallest absolute Gasteiger partial charge is 0.317 e. The number of carboxylic acids is 1. The predicted octanol–water partition coefficient (Wildman–Crippen LogP) is 0.989. The molecule has 2 aliphatic rings. The Labute approximate surface area is 163 Å². The van der Waals surface area contributed by atoms with E-state index in [1.165, 1.54) is 0 Å². The number of aliphatic carboxylic acids is 1. The summed E-state index contributed by atoms with van der Waals surface area (Å²) in [5.41, 5.74) is 1.58. The number of carbonyl (C=O) groups excluding carboxylic acids is 3. The summed E-state index contributed by atoms with van der Waals surface area (Å²) in [4.78, 5) is 53.2. The van der Waals surface area contributed by atoms with Crippen LogP contribution in [0.15, 0.2) is 18.2 Å². The number of nitrogens with zero attached hydrogens (tertiary/aromatic N) is 3. The third kappa shape index (κ3) is 4.06. The second kappa shape index (κ2) is 8.10. The van der Waals surface area contributed by atoms with E-state index in [-0.39, 0.29) is 25.0 Å². The lowest BCUT2D eigenvalue weighted by molar-refractivity contribution is -0.138. The first-order valence-corrected chi connectivity index (χ1v) is 9.44. The molecule has 28 heavy (non-hydrogen) atoms. The molecule has 8 nitrogen and oxygen atoms in total. The normalized spacial score (nSPS) is 19.8. The van der Waals surface area contributed by atoms with E-state index >= 15 is 0 Å². The lowest BCUT2D eigenvalue weighted by atomic mass is 10.1. The van der Waals surface area contributed by atoms with Gasteiger partial charge in [-0.2, -0.15) is 0 Å². The summed E-state index contributed by atoms with van der Waals surface area (Å²) in [5.74, 6) is -1.98.